The van der Waals surface area contributed by atoms with Gasteiger partial charge in [0.05, 0.1) is 24.5 Å². The third-order valence-electron chi connectivity index (χ3n) is 4.42. The van der Waals surface area contributed by atoms with E-state index in [0.717, 1.165) is 0 Å². The Balaban J connectivity index is 1.69. The zero-order valence-corrected chi connectivity index (χ0v) is 15.2. The number of ether oxygens (including phenoxy) is 1. The highest BCUT2D eigenvalue weighted by atomic mass is 32.2. The summed E-state index contributed by atoms with van der Waals surface area (Å²) in [5, 5.41) is 2.59. The lowest BCUT2D eigenvalue weighted by molar-refractivity contribution is -0.119. The second kappa shape index (κ2) is 7.10. The van der Waals surface area contributed by atoms with Gasteiger partial charge in [-0.1, -0.05) is 0 Å². The summed E-state index contributed by atoms with van der Waals surface area (Å²) in [7, 11) is -2.55. The second-order valence-electron chi connectivity index (χ2n) is 6.40. The van der Waals surface area contributed by atoms with E-state index in [-0.39, 0.29) is 30.5 Å². The summed E-state index contributed by atoms with van der Waals surface area (Å²) < 4.78 is 39.1. The number of anilines is 2. The summed E-state index contributed by atoms with van der Waals surface area (Å²) in [6, 6.07) is 4.48. The van der Waals surface area contributed by atoms with Gasteiger partial charge in [-0.15, -0.1) is 0 Å². The number of cyclic esters (lactones) is 1. The van der Waals surface area contributed by atoms with E-state index < -0.39 is 27.7 Å². The van der Waals surface area contributed by atoms with Crippen LogP contribution in [0.15, 0.2) is 18.2 Å². The first-order valence-electron chi connectivity index (χ1n) is 8.26. The Bertz CT molecular complexity index is 816. The molecule has 8 nitrogen and oxygen atoms in total. The topological polar surface area (TPSA) is 103 Å². The maximum Gasteiger partial charge on any atom is 0.414 e. The van der Waals surface area contributed by atoms with Crippen LogP contribution in [-0.4, -0.2) is 60.0 Å². The fourth-order valence-corrected chi connectivity index (χ4v) is 4.22. The van der Waals surface area contributed by atoms with Crippen LogP contribution < -0.4 is 15.1 Å². The lowest BCUT2D eigenvalue weighted by Crippen LogP contribution is -2.40. The van der Waals surface area contributed by atoms with E-state index in [1.807, 2.05) is 0 Å². The van der Waals surface area contributed by atoms with E-state index >= 15 is 0 Å². The summed E-state index contributed by atoms with van der Waals surface area (Å²) in [4.78, 5) is 26.0. The van der Waals surface area contributed by atoms with Gasteiger partial charge in [0.1, 0.15) is 11.9 Å². The zero-order chi connectivity index (χ0) is 18.9. The lowest BCUT2D eigenvalue weighted by Gasteiger charge is -2.30. The molecule has 2 aliphatic rings. The van der Waals surface area contributed by atoms with E-state index in [1.54, 1.807) is 17.0 Å². The first kappa shape index (κ1) is 18.4. The molecule has 10 heteroatoms. The highest BCUT2D eigenvalue weighted by Gasteiger charge is 2.33. The Hall–Kier alpha value is -2.36. The smallest absolute Gasteiger partial charge is 0.414 e. The number of halogens is 1. The van der Waals surface area contributed by atoms with Crippen molar-refractivity contribution in [3.8, 4) is 0 Å². The van der Waals surface area contributed by atoms with E-state index in [1.165, 1.54) is 17.9 Å². The van der Waals surface area contributed by atoms with Gasteiger partial charge in [-0.2, -0.15) is 0 Å². The van der Waals surface area contributed by atoms with Gasteiger partial charge in [-0.3, -0.25) is 14.5 Å². The van der Waals surface area contributed by atoms with Gasteiger partial charge < -0.3 is 15.0 Å². The number of rotatable bonds is 4. The molecule has 2 N–H and O–H groups in total. The van der Waals surface area contributed by atoms with E-state index in [2.05, 4.69) is 5.32 Å². The summed E-state index contributed by atoms with van der Waals surface area (Å²) >= 11 is 0. The van der Waals surface area contributed by atoms with Crippen LogP contribution in [0.25, 0.3) is 0 Å². The van der Waals surface area contributed by atoms with Crippen molar-refractivity contribution in [2.75, 3.05) is 47.5 Å². The van der Waals surface area contributed by atoms with Crippen LogP contribution in [0.1, 0.15) is 6.92 Å². The molecular formula is C16H21FN4O4S. The van der Waals surface area contributed by atoms with Crippen molar-refractivity contribution in [2.24, 2.45) is 0 Å². The number of benzene rings is 1. The number of hydrogen-bond donors (Lipinski definition) is 2. The molecule has 1 aromatic carbocycles. The molecule has 0 aliphatic carbocycles. The van der Waals surface area contributed by atoms with Crippen LogP contribution in [0.5, 0.6) is 0 Å². The molecule has 0 radical (unpaired) electrons. The molecule has 26 heavy (non-hydrogen) atoms. The Morgan fingerprint density at radius 1 is 1.42 bits per heavy atom. The highest BCUT2D eigenvalue weighted by molar-refractivity contribution is 7.92. The van der Waals surface area contributed by atoms with Crippen molar-refractivity contribution in [2.45, 2.75) is 13.0 Å². The lowest BCUT2D eigenvalue weighted by atomic mass is 10.2. The van der Waals surface area contributed by atoms with Crippen LogP contribution in [0.3, 0.4) is 0 Å². The fraction of sp³-hybridized carbons (Fsp3) is 0.500. The number of nitrogens with zero attached hydrogens (tertiary/aromatic N) is 2. The molecule has 0 aromatic heterocycles. The predicted octanol–water partition coefficient (Wildman–Crippen LogP) is 1.15. The molecular weight excluding hydrogens is 363 g/mol. The van der Waals surface area contributed by atoms with Crippen LogP contribution >= 0.6 is 0 Å². The van der Waals surface area contributed by atoms with Crippen molar-refractivity contribution in [3.63, 3.8) is 0 Å². The minimum Gasteiger partial charge on any atom is -0.442 e. The van der Waals surface area contributed by atoms with Gasteiger partial charge in [0.15, 0.2) is 0 Å². The largest absolute Gasteiger partial charge is 0.442 e. The molecule has 3 rings (SSSR count). The Labute approximate surface area is 151 Å². The first-order valence-corrected chi connectivity index (χ1v) is 10.2. The minimum absolute atomic E-state index is 0.207. The average molecular weight is 384 g/mol. The zero-order valence-electron chi connectivity index (χ0n) is 14.4. The van der Waals surface area contributed by atoms with Gasteiger partial charge >= 0.3 is 6.09 Å². The summed E-state index contributed by atoms with van der Waals surface area (Å²) in [6.45, 7) is 2.54. The number of carbonyl (C=O) groups excluding carboxylic acids is 2. The molecule has 0 saturated carbocycles. The monoisotopic (exact) mass is 384 g/mol. The SMILES string of the molecule is CC(=O)NC[C@H]1CN(c2ccc(N3CCS(=N)(=O)CC3)c(F)c2)C(=O)O1. The standard InChI is InChI=1S/C16H21FN4O4S/c1-11(22)19-9-13-10-21(16(23)25-13)12-2-3-15(14(17)8-12)20-4-6-26(18,24)7-5-20/h2-3,8,13,18H,4-7,9-10H2,1H3,(H,19,22)/t13-/m0/s1. The summed E-state index contributed by atoms with van der Waals surface area (Å²) in [6.07, 6.45) is -1.07. The highest BCUT2D eigenvalue weighted by Crippen LogP contribution is 2.28. The van der Waals surface area contributed by atoms with Gasteiger partial charge in [0, 0.05) is 41.2 Å². The van der Waals surface area contributed by atoms with Gasteiger partial charge in [0.25, 0.3) is 0 Å². The van der Waals surface area contributed by atoms with Crippen molar-refractivity contribution < 1.29 is 22.9 Å². The van der Waals surface area contributed by atoms with Crippen molar-refractivity contribution >= 4 is 33.1 Å². The third-order valence-corrected chi connectivity index (χ3v) is 6.10. The molecule has 1 aromatic rings. The van der Waals surface area contributed by atoms with E-state index in [4.69, 9.17) is 9.52 Å². The van der Waals surface area contributed by atoms with Crippen molar-refractivity contribution in [1.82, 2.24) is 5.32 Å². The van der Waals surface area contributed by atoms with Gasteiger partial charge in [-0.25, -0.2) is 13.4 Å². The second-order valence-corrected chi connectivity index (χ2v) is 8.84. The first-order chi connectivity index (χ1) is 12.2. The number of carbonyl (C=O) groups is 2. The van der Waals surface area contributed by atoms with E-state index in [9.17, 15) is 18.2 Å². The molecule has 2 fully saturated rings. The van der Waals surface area contributed by atoms with Crippen LogP contribution in [0.4, 0.5) is 20.6 Å². The van der Waals surface area contributed by atoms with Crippen LogP contribution in [0.2, 0.25) is 0 Å². The molecule has 142 valence electrons. The van der Waals surface area contributed by atoms with Gasteiger partial charge in [0.2, 0.25) is 5.91 Å². The molecule has 2 saturated heterocycles. The van der Waals surface area contributed by atoms with Crippen LogP contribution in [0, 0.1) is 10.6 Å². The predicted molar refractivity (Wildman–Crippen MR) is 95.5 cm³/mol. The maximum absolute atomic E-state index is 14.6. The van der Waals surface area contributed by atoms with Crippen LogP contribution in [-0.2, 0) is 19.3 Å². The Morgan fingerprint density at radius 2 is 2.12 bits per heavy atom. The number of hydrogen-bond acceptors (Lipinski definition) is 6. The molecule has 2 amide bonds. The average Bonchev–Trinajstić information content (AvgIpc) is 2.94. The maximum atomic E-state index is 14.6. The summed E-state index contributed by atoms with van der Waals surface area (Å²) in [5.41, 5.74) is 0.744. The normalized spacial score (nSPS) is 22.2. The molecule has 0 unspecified atom stereocenters. The molecule has 0 spiro atoms. The van der Waals surface area contributed by atoms with Gasteiger partial charge in [-0.05, 0) is 18.2 Å². The fourth-order valence-electron chi connectivity index (χ4n) is 2.99. The number of amides is 2. The Kier molecular flexibility index (Phi) is 5.03. The quantitative estimate of drug-likeness (QED) is 0.811. The summed E-state index contributed by atoms with van der Waals surface area (Å²) in [5.74, 6) is -0.262. The molecule has 0 bridgehead atoms. The molecule has 2 heterocycles. The Morgan fingerprint density at radius 3 is 2.73 bits per heavy atom. The van der Waals surface area contributed by atoms with E-state index in [0.29, 0.717) is 24.5 Å². The molecule has 1 atom stereocenters. The van der Waals surface area contributed by atoms with Crippen molar-refractivity contribution in [1.29, 1.82) is 4.78 Å². The van der Waals surface area contributed by atoms with Crippen molar-refractivity contribution in [3.05, 3.63) is 24.0 Å². The third kappa shape index (κ3) is 4.06. The number of nitrogens with one attached hydrogen (secondary N) is 2. The molecule has 2 aliphatic heterocycles. The minimum atomic E-state index is -2.55.